The SMILES string of the molecule is CCCC1CC(O)(C2(C#N)CCC(C)CC2)CCO1. The molecule has 1 aliphatic heterocycles. The molecule has 0 amide bonds. The smallest absolute Gasteiger partial charge is 0.0879 e. The van der Waals surface area contributed by atoms with Gasteiger partial charge in [0.05, 0.1) is 23.2 Å². The molecular formula is C16H27NO2. The standard InChI is InChI=1S/C16H27NO2/c1-3-4-14-11-16(18,9-10-19-14)15(12-17)7-5-13(2)6-8-15/h13-14,18H,3-11H2,1-2H3. The van der Waals surface area contributed by atoms with Crippen molar-refractivity contribution in [2.24, 2.45) is 11.3 Å². The molecule has 1 heterocycles. The van der Waals surface area contributed by atoms with Crippen molar-refractivity contribution in [3.05, 3.63) is 0 Å². The maximum absolute atomic E-state index is 11.1. The second kappa shape index (κ2) is 5.81. The molecule has 108 valence electrons. The Kier molecular flexibility index (Phi) is 4.53. The topological polar surface area (TPSA) is 53.2 Å². The van der Waals surface area contributed by atoms with Gasteiger partial charge in [0, 0.05) is 19.4 Å². The fraction of sp³-hybridized carbons (Fsp3) is 0.938. The molecule has 2 unspecified atom stereocenters. The lowest BCUT2D eigenvalue weighted by Gasteiger charge is -2.49. The highest BCUT2D eigenvalue weighted by atomic mass is 16.5. The highest BCUT2D eigenvalue weighted by Gasteiger charge is 2.53. The maximum atomic E-state index is 11.1. The molecule has 2 rings (SSSR count). The van der Waals surface area contributed by atoms with Gasteiger partial charge in [0.2, 0.25) is 0 Å². The molecule has 19 heavy (non-hydrogen) atoms. The Morgan fingerprint density at radius 3 is 2.58 bits per heavy atom. The van der Waals surface area contributed by atoms with Gasteiger partial charge in [0.1, 0.15) is 0 Å². The summed E-state index contributed by atoms with van der Waals surface area (Å²) in [7, 11) is 0. The average molecular weight is 265 g/mol. The van der Waals surface area contributed by atoms with E-state index in [2.05, 4.69) is 19.9 Å². The lowest BCUT2D eigenvalue weighted by atomic mass is 9.59. The quantitative estimate of drug-likeness (QED) is 0.850. The van der Waals surface area contributed by atoms with Crippen molar-refractivity contribution in [3.63, 3.8) is 0 Å². The van der Waals surface area contributed by atoms with Gasteiger partial charge in [0.25, 0.3) is 0 Å². The largest absolute Gasteiger partial charge is 0.388 e. The second-order valence-corrected chi connectivity index (χ2v) is 6.64. The van der Waals surface area contributed by atoms with Crippen LogP contribution in [0.15, 0.2) is 0 Å². The van der Waals surface area contributed by atoms with Crippen molar-refractivity contribution < 1.29 is 9.84 Å². The van der Waals surface area contributed by atoms with Crippen LogP contribution in [0.3, 0.4) is 0 Å². The summed E-state index contributed by atoms with van der Waals surface area (Å²) in [6.07, 6.45) is 7.27. The van der Waals surface area contributed by atoms with E-state index in [4.69, 9.17) is 4.74 Å². The van der Waals surface area contributed by atoms with Crippen LogP contribution in [0.5, 0.6) is 0 Å². The molecule has 0 aromatic carbocycles. The van der Waals surface area contributed by atoms with Gasteiger partial charge in [-0.1, -0.05) is 20.3 Å². The monoisotopic (exact) mass is 265 g/mol. The summed E-state index contributed by atoms with van der Waals surface area (Å²) in [5.74, 6) is 0.691. The molecule has 1 aliphatic carbocycles. The molecule has 0 spiro atoms. The molecule has 1 saturated heterocycles. The molecule has 1 N–H and O–H groups in total. The van der Waals surface area contributed by atoms with Crippen molar-refractivity contribution in [1.82, 2.24) is 0 Å². The van der Waals surface area contributed by atoms with Gasteiger partial charge >= 0.3 is 0 Å². The van der Waals surface area contributed by atoms with E-state index in [0.29, 0.717) is 25.4 Å². The molecule has 0 aromatic rings. The van der Waals surface area contributed by atoms with Crippen LogP contribution in [0.2, 0.25) is 0 Å². The van der Waals surface area contributed by atoms with Crippen LogP contribution in [-0.2, 0) is 4.74 Å². The van der Waals surface area contributed by atoms with Gasteiger partial charge in [-0.2, -0.15) is 5.26 Å². The predicted molar refractivity (Wildman–Crippen MR) is 74.5 cm³/mol. The Morgan fingerprint density at radius 2 is 2.00 bits per heavy atom. The molecule has 1 saturated carbocycles. The summed E-state index contributed by atoms with van der Waals surface area (Å²) in [4.78, 5) is 0. The summed E-state index contributed by atoms with van der Waals surface area (Å²) >= 11 is 0. The minimum atomic E-state index is -0.833. The zero-order valence-electron chi connectivity index (χ0n) is 12.3. The first kappa shape index (κ1) is 14.8. The first-order valence-corrected chi connectivity index (χ1v) is 7.80. The summed E-state index contributed by atoms with van der Waals surface area (Å²) in [5.41, 5.74) is -1.37. The molecule has 2 atom stereocenters. The van der Waals surface area contributed by atoms with Crippen molar-refractivity contribution >= 4 is 0 Å². The lowest BCUT2D eigenvalue weighted by Crippen LogP contribution is -2.54. The van der Waals surface area contributed by atoms with E-state index in [1.54, 1.807) is 0 Å². The molecular weight excluding hydrogens is 238 g/mol. The zero-order chi connectivity index (χ0) is 13.9. The number of rotatable bonds is 3. The van der Waals surface area contributed by atoms with Crippen LogP contribution in [0.1, 0.15) is 65.2 Å². The number of hydrogen-bond acceptors (Lipinski definition) is 3. The molecule has 0 bridgehead atoms. The van der Waals surface area contributed by atoms with E-state index in [1.165, 1.54) is 0 Å². The normalized spacial score (nSPS) is 43.7. The zero-order valence-corrected chi connectivity index (χ0v) is 12.3. The number of nitriles is 1. The third-order valence-electron chi connectivity index (χ3n) is 5.28. The first-order chi connectivity index (χ1) is 9.05. The molecule has 2 fully saturated rings. The third-order valence-corrected chi connectivity index (χ3v) is 5.28. The maximum Gasteiger partial charge on any atom is 0.0879 e. The third kappa shape index (κ3) is 2.80. The van der Waals surface area contributed by atoms with Crippen molar-refractivity contribution in [2.75, 3.05) is 6.61 Å². The van der Waals surface area contributed by atoms with Crippen LogP contribution in [0, 0.1) is 22.7 Å². The second-order valence-electron chi connectivity index (χ2n) is 6.64. The molecule has 3 heteroatoms. The predicted octanol–water partition coefficient (Wildman–Crippen LogP) is 3.42. The molecule has 3 nitrogen and oxygen atoms in total. The molecule has 2 aliphatic rings. The number of ether oxygens (including phenoxy) is 1. The van der Waals surface area contributed by atoms with E-state index < -0.39 is 11.0 Å². The van der Waals surface area contributed by atoms with E-state index in [9.17, 15) is 10.4 Å². The molecule has 0 radical (unpaired) electrons. The van der Waals surface area contributed by atoms with E-state index >= 15 is 0 Å². The minimum absolute atomic E-state index is 0.133. The van der Waals surface area contributed by atoms with Crippen LogP contribution in [-0.4, -0.2) is 23.4 Å². The lowest BCUT2D eigenvalue weighted by molar-refractivity contribution is -0.163. The van der Waals surface area contributed by atoms with Crippen molar-refractivity contribution in [1.29, 1.82) is 5.26 Å². The van der Waals surface area contributed by atoms with Crippen LogP contribution in [0.25, 0.3) is 0 Å². The van der Waals surface area contributed by atoms with Gasteiger partial charge in [-0.15, -0.1) is 0 Å². The number of hydrogen-bond donors (Lipinski definition) is 1. The Bertz CT molecular complexity index is 339. The Hall–Kier alpha value is -0.590. The first-order valence-electron chi connectivity index (χ1n) is 7.80. The highest BCUT2D eigenvalue weighted by molar-refractivity contribution is 5.14. The van der Waals surface area contributed by atoms with Crippen LogP contribution < -0.4 is 0 Å². The van der Waals surface area contributed by atoms with Gasteiger partial charge in [-0.25, -0.2) is 0 Å². The minimum Gasteiger partial charge on any atom is -0.388 e. The fourth-order valence-corrected chi connectivity index (χ4v) is 3.81. The van der Waals surface area contributed by atoms with Gasteiger partial charge < -0.3 is 9.84 Å². The van der Waals surface area contributed by atoms with Crippen LogP contribution >= 0.6 is 0 Å². The fourth-order valence-electron chi connectivity index (χ4n) is 3.81. The van der Waals surface area contributed by atoms with E-state index in [1.807, 2.05) is 0 Å². The van der Waals surface area contributed by atoms with Crippen LogP contribution in [0.4, 0.5) is 0 Å². The van der Waals surface area contributed by atoms with Gasteiger partial charge in [-0.3, -0.25) is 0 Å². The average Bonchev–Trinajstić information content (AvgIpc) is 2.40. The molecule has 0 aromatic heterocycles. The Morgan fingerprint density at radius 1 is 1.32 bits per heavy atom. The Balaban J connectivity index is 2.14. The number of nitrogens with zero attached hydrogens (tertiary/aromatic N) is 1. The van der Waals surface area contributed by atoms with E-state index in [0.717, 1.165) is 38.5 Å². The van der Waals surface area contributed by atoms with Crippen molar-refractivity contribution in [2.45, 2.75) is 76.9 Å². The summed E-state index contributed by atoms with van der Waals surface area (Å²) in [6, 6.07) is 2.51. The van der Waals surface area contributed by atoms with E-state index in [-0.39, 0.29) is 6.10 Å². The summed E-state index contributed by atoms with van der Waals surface area (Å²) in [5, 5.41) is 20.8. The highest BCUT2D eigenvalue weighted by Crippen LogP contribution is 2.51. The van der Waals surface area contributed by atoms with Crippen molar-refractivity contribution in [3.8, 4) is 6.07 Å². The van der Waals surface area contributed by atoms with Gasteiger partial charge in [0.15, 0.2) is 0 Å². The summed E-state index contributed by atoms with van der Waals surface area (Å²) in [6.45, 7) is 4.98. The Labute approximate surface area is 117 Å². The number of aliphatic hydroxyl groups is 1. The van der Waals surface area contributed by atoms with Gasteiger partial charge in [-0.05, 0) is 38.0 Å². The summed E-state index contributed by atoms with van der Waals surface area (Å²) < 4.78 is 5.75.